The van der Waals surface area contributed by atoms with Gasteiger partial charge >= 0.3 is 0 Å². The molecular weight excluding hydrogens is 336 g/mol. The van der Waals surface area contributed by atoms with E-state index in [0.717, 1.165) is 16.8 Å². The summed E-state index contributed by atoms with van der Waals surface area (Å²) in [4.78, 5) is 28.8. The number of carbonyl (C=O) groups excluding carboxylic acids is 1. The third-order valence-corrected chi connectivity index (χ3v) is 4.64. The maximum atomic E-state index is 12.4. The molecule has 0 aliphatic heterocycles. The summed E-state index contributed by atoms with van der Waals surface area (Å²) in [5.74, 6) is -0.329. The number of rotatable bonds is 4. The van der Waals surface area contributed by atoms with E-state index in [1.165, 1.54) is 22.1 Å². The third kappa shape index (κ3) is 3.83. The highest BCUT2D eigenvalue weighted by molar-refractivity contribution is 7.13. The van der Waals surface area contributed by atoms with Crippen molar-refractivity contribution in [3.05, 3.63) is 63.4 Å². The van der Waals surface area contributed by atoms with E-state index in [9.17, 15) is 9.59 Å². The molecule has 0 radical (unpaired) electrons. The Morgan fingerprint density at radius 1 is 1.16 bits per heavy atom. The van der Waals surface area contributed by atoms with Gasteiger partial charge in [-0.05, 0) is 26.8 Å². The number of aromatic nitrogens is 3. The molecule has 1 N–H and O–H groups in total. The molecule has 25 heavy (non-hydrogen) atoms. The highest BCUT2D eigenvalue weighted by Gasteiger charge is 2.19. The lowest BCUT2D eigenvalue weighted by Crippen LogP contribution is -2.33. The predicted molar refractivity (Wildman–Crippen MR) is 98.9 cm³/mol. The van der Waals surface area contributed by atoms with Crippen molar-refractivity contribution < 1.29 is 4.79 Å². The van der Waals surface area contributed by atoms with Crippen molar-refractivity contribution in [2.45, 2.75) is 26.8 Å². The average Bonchev–Trinajstić information content (AvgIpc) is 3.00. The number of thiazole rings is 1. The number of nitrogens with zero attached hydrogens (tertiary/aromatic N) is 3. The SMILES string of the molecule is Cc1ccc(-c2ccc(=O)n([C@@H](C)C(=O)Nc3nc(C)cs3)n2)cc1. The summed E-state index contributed by atoms with van der Waals surface area (Å²) in [7, 11) is 0. The first-order valence-electron chi connectivity index (χ1n) is 7.84. The van der Waals surface area contributed by atoms with Crippen molar-refractivity contribution in [3.63, 3.8) is 0 Å². The molecule has 0 unspecified atom stereocenters. The molecule has 0 saturated heterocycles. The zero-order chi connectivity index (χ0) is 18.0. The fraction of sp³-hybridized carbons (Fsp3) is 0.222. The normalized spacial score (nSPS) is 12.0. The maximum Gasteiger partial charge on any atom is 0.267 e. The Morgan fingerprint density at radius 2 is 1.88 bits per heavy atom. The van der Waals surface area contributed by atoms with Crippen LogP contribution >= 0.6 is 11.3 Å². The minimum atomic E-state index is -0.748. The molecule has 1 aromatic carbocycles. The highest BCUT2D eigenvalue weighted by Crippen LogP contribution is 2.18. The van der Waals surface area contributed by atoms with Crippen LogP contribution in [0.15, 0.2) is 46.6 Å². The monoisotopic (exact) mass is 354 g/mol. The number of amides is 1. The summed E-state index contributed by atoms with van der Waals surface area (Å²) in [5, 5.41) is 9.45. The van der Waals surface area contributed by atoms with E-state index >= 15 is 0 Å². The largest absolute Gasteiger partial charge is 0.300 e. The van der Waals surface area contributed by atoms with Crippen LogP contribution in [-0.4, -0.2) is 20.7 Å². The first-order valence-corrected chi connectivity index (χ1v) is 8.72. The zero-order valence-electron chi connectivity index (χ0n) is 14.2. The van der Waals surface area contributed by atoms with Crippen LogP contribution < -0.4 is 10.9 Å². The third-order valence-electron chi connectivity index (χ3n) is 3.77. The molecule has 2 aromatic heterocycles. The molecule has 0 saturated carbocycles. The first kappa shape index (κ1) is 17.0. The average molecular weight is 354 g/mol. The van der Waals surface area contributed by atoms with E-state index < -0.39 is 6.04 Å². The fourth-order valence-electron chi connectivity index (χ4n) is 2.31. The topological polar surface area (TPSA) is 76.9 Å². The van der Waals surface area contributed by atoms with Crippen molar-refractivity contribution >= 4 is 22.4 Å². The molecule has 0 aliphatic carbocycles. The van der Waals surface area contributed by atoms with Crippen molar-refractivity contribution in [2.24, 2.45) is 0 Å². The Bertz CT molecular complexity index is 960. The molecule has 3 aromatic rings. The summed E-state index contributed by atoms with van der Waals surface area (Å²) in [6.45, 7) is 5.50. The Balaban J connectivity index is 1.87. The smallest absolute Gasteiger partial charge is 0.267 e. The second kappa shape index (κ2) is 6.98. The quantitative estimate of drug-likeness (QED) is 0.781. The molecule has 0 fully saturated rings. The van der Waals surface area contributed by atoms with Crippen LogP contribution in [0.5, 0.6) is 0 Å². The molecule has 128 valence electrons. The van der Waals surface area contributed by atoms with Crippen LogP contribution in [0.3, 0.4) is 0 Å². The van der Waals surface area contributed by atoms with Crippen molar-refractivity contribution in [1.82, 2.24) is 14.8 Å². The molecule has 2 heterocycles. The van der Waals surface area contributed by atoms with Gasteiger partial charge in [-0.15, -0.1) is 11.3 Å². The number of aryl methyl sites for hydroxylation is 2. The molecule has 0 bridgehead atoms. The van der Waals surface area contributed by atoms with Crippen LogP contribution in [0, 0.1) is 13.8 Å². The summed E-state index contributed by atoms with van der Waals surface area (Å²) >= 11 is 1.35. The van der Waals surface area contributed by atoms with Gasteiger partial charge in [-0.1, -0.05) is 29.8 Å². The van der Waals surface area contributed by atoms with Gasteiger partial charge in [-0.25, -0.2) is 9.67 Å². The number of hydrogen-bond acceptors (Lipinski definition) is 5. The Hall–Kier alpha value is -2.80. The number of hydrogen-bond donors (Lipinski definition) is 1. The number of anilines is 1. The molecule has 0 aliphatic rings. The van der Waals surface area contributed by atoms with E-state index in [1.54, 1.807) is 13.0 Å². The predicted octanol–water partition coefficient (Wildman–Crippen LogP) is 3.18. The van der Waals surface area contributed by atoms with Crippen LogP contribution in [0.1, 0.15) is 24.2 Å². The lowest BCUT2D eigenvalue weighted by atomic mass is 10.1. The van der Waals surface area contributed by atoms with Crippen LogP contribution in [0.2, 0.25) is 0 Å². The fourth-order valence-corrected chi connectivity index (χ4v) is 3.00. The van der Waals surface area contributed by atoms with E-state index in [4.69, 9.17) is 0 Å². The van der Waals surface area contributed by atoms with Crippen LogP contribution in [0.4, 0.5) is 5.13 Å². The van der Waals surface area contributed by atoms with Crippen molar-refractivity contribution in [3.8, 4) is 11.3 Å². The summed E-state index contributed by atoms with van der Waals surface area (Å²) in [5.41, 5.74) is 3.19. The van der Waals surface area contributed by atoms with Crippen LogP contribution in [0.25, 0.3) is 11.3 Å². The molecule has 0 spiro atoms. The van der Waals surface area contributed by atoms with Gasteiger partial charge in [-0.2, -0.15) is 5.10 Å². The molecule has 7 heteroatoms. The van der Waals surface area contributed by atoms with Gasteiger partial charge in [0.05, 0.1) is 11.4 Å². The molecular formula is C18H18N4O2S. The summed E-state index contributed by atoms with van der Waals surface area (Å²) in [6.07, 6.45) is 0. The number of benzene rings is 1. The van der Waals surface area contributed by atoms with Crippen LogP contribution in [-0.2, 0) is 4.79 Å². The number of nitrogens with one attached hydrogen (secondary N) is 1. The van der Waals surface area contributed by atoms with E-state index in [-0.39, 0.29) is 11.5 Å². The minimum Gasteiger partial charge on any atom is -0.300 e. The first-order chi connectivity index (χ1) is 11.9. The van der Waals surface area contributed by atoms with Gasteiger partial charge in [0.1, 0.15) is 6.04 Å². The minimum absolute atomic E-state index is 0.325. The van der Waals surface area contributed by atoms with Crippen molar-refractivity contribution in [1.29, 1.82) is 0 Å². The Kier molecular flexibility index (Phi) is 4.76. The van der Waals surface area contributed by atoms with E-state index in [0.29, 0.717) is 10.8 Å². The lowest BCUT2D eigenvalue weighted by Gasteiger charge is -2.14. The van der Waals surface area contributed by atoms with Gasteiger partial charge in [0, 0.05) is 17.0 Å². The second-order valence-corrected chi connectivity index (χ2v) is 6.68. The highest BCUT2D eigenvalue weighted by atomic mass is 32.1. The number of carbonyl (C=O) groups is 1. The molecule has 6 nitrogen and oxygen atoms in total. The summed E-state index contributed by atoms with van der Waals surface area (Å²) < 4.78 is 1.20. The Labute approximate surface area is 149 Å². The van der Waals surface area contributed by atoms with E-state index in [2.05, 4.69) is 15.4 Å². The Morgan fingerprint density at radius 3 is 2.52 bits per heavy atom. The molecule has 1 atom stereocenters. The van der Waals surface area contributed by atoms with Crippen molar-refractivity contribution in [2.75, 3.05) is 5.32 Å². The standard InChI is InChI=1S/C18H18N4O2S/c1-11-4-6-14(7-5-11)15-8-9-16(23)22(21-15)13(3)17(24)20-18-19-12(2)10-25-18/h4-10,13H,1-3H3,(H,19,20,24)/t13-/m0/s1. The van der Waals surface area contributed by atoms with Gasteiger partial charge < -0.3 is 5.32 Å². The molecule has 1 amide bonds. The second-order valence-electron chi connectivity index (χ2n) is 5.83. The van der Waals surface area contributed by atoms with Gasteiger partial charge in [0.25, 0.3) is 11.5 Å². The maximum absolute atomic E-state index is 12.4. The molecule has 3 rings (SSSR count). The van der Waals surface area contributed by atoms with Gasteiger partial charge in [-0.3, -0.25) is 9.59 Å². The van der Waals surface area contributed by atoms with E-state index in [1.807, 2.05) is 43.5 Å². The van der Waals surface area contributed by atoms with Gasteiger partial charge in [0.15, 0.2) is 5.13 Å². The van der Waals surface area contributed by atoms with Gasteiger partial charge in [0.2, 0.25) is 0 Å². The lowest BCUT2D eigenvalue weighted by molar-refractivity contribution is -0.119. The summed E-state index contributed by atoms with van der Waals surface area (Å²) in [6, 6.07) is 10.2. The zero-order valence-corrected chi connectivity index (χ0v) is 15.0.